The van der Waals surface area contributed by atoms with E-state index in [1.54, 1.807) is 0 Å². The number of carbonyl (C=O) groups excluding carboxylic acids is 2. The fraction of sp³-hybridized carbons (Fsp3) is 0.310. The molecule has 34 heavy (non-hydrogen) atoms. The minimum absolute atomic E-state index is 0.0144. The Labute approximate surface area is 201 Å². The van der Waals surface area contributed by atoms with Gasteiger partial charge in [-0.15, -0.1) is 0 Å². The van der Waals surface area contributed by atoms with Gasteiger partial charge < -0.3 is 15.1 Å². The van der Waals surface area contributed by atoms with Crippen molar-refractivity contribution in [2.24, 2.45) is 0 Å². The van der Waals surface area contributed by atoms with E-state index in [1.165, 1.54) is 11.1 Å². The minimum atomic E-state index is -0.0144. The molecule has 0 atom stereocenters. The highest BCUT2D eigenvalue weighted by Crippen LogP contribution is 2.28. The summed E-state index contributed by atoms with van der Waals surface area (Å²) in [6.45, 7) is 5.05. The van der Waals surface area contributed by atoms with Crippen molar-refractivity contribution in [1.29, 1.82) is 0 Å². The normalized spacial score (nSPS) is 16.1. The highest BCUT2D eigenvalue weighted by molar-refractivity contribution is 6.00. The van der Waals surface area contributed by atoms with Crippen LogP contribution in [-0.2, 0) is 13.0 Å². The molecule has 2 heterocycles. The first-order valence-corrected chi connectivity index (χ1v) is 12.2. The maximum absolute atomic E-state index is 13.5. The quantitative estimate of drug-likeness (QED) is 0.629. The van der Waals surface area contributed by atoms with E-state index >= 15 is 0 Å². The largest absolute Gasteiger partial charge is 0.371 e. The van der Waals surface area contributed by atoms with Crippen molar-refractivity contribution in [3.63, 3.8) is 0 Å². The summed E-state index contributed by atoms with van der Waals surface area (Å²) in [4.78, 5) is 30.4. The molecular weight excluding hydrogens is 422 g/mol. The molecule has 0 aliphatic carbocycles. The number of amides is 2. The topological polar surface area (TPSA) is 52.7 Å². The highest BCUT2D eigenvalue weighted by atomic mass is 16.2. The van der Waals surface area contributed by atoms with Crippen LogP contribution in [-0.4, -0.2) is 42.4 Å². The van der Waals surface area contributed by atoms with E-state index < -0.39 is 0 Å². The molecule has 174 valence electrons. The first kappa shape index (κ1) is 22.2. The number of rotatable bonds is 4. The first-order valence-electron chi connectivity index (χ1n) is 12.2. The van der Waals surface area contributed by atoms with E-state index in [4.69, 9.17) is 0 Å². The first-order chi connectivity index (χ1) is 16.6. The monoisotopic (exact) mass is 453 g/mol. The van der Waals surface area contributed by atoms with Crippen LogP contribution in [0.3, 0.4) is 0 Å². The third kappa shape index (κ3) is 4.69. The van der Waals surface area contributed by atoms with Crippen LogP contribution >= 0.6 is 0 Å². The number of piperidine rings is 1. The van der Waals surface area contributed by atoms with Gasteiger partial charge in [0.25, 0.3) is 11.8 Å². The van der Waals surface area contributed by atoms with Gasteiger partial charge in [-0.2, -0.15) is 0 Å². The van der Waals surface area contributed by atoms with Gasteiger partial charge in [0, 0.05) is 43.5 Å². The van der Waals surface area contributed by atoms with Crippen molar-refractivity contribution in [2.45, 2.75) is 38.8 Å². The third-order valence-electron chi connectivity index (χ3n) is 7.04. The number of aryl methyl sites for hydroxylation is 1. The third-order valence-corrected chi connectivity index (χ3v) is 7.04. The summed E-state index contributed by atoms with van der Waals surface area (Å²) >= 11 is 0. The molecule has 5 rings (SSSR count). The maximum atomic E-state index is 13.5. The standard InChI is InChI=1S/C29H31N3O2/c1-21-10-12-23(13-11-21)28(33)30-25-15-18-31(19-16-25)27-9-5-4-8-26(27)29(34)32-17-14-22-6-2-3-7-24(22)20-32/h2-13,25H,14-20H2,1H3,(H,30,33). The van der Waals surface area contributed by atoms with Gasteiger partial charge in [-0.05, 0) is 61.6 Å². The molecule has 5 heteroatoms. The molecular formula is C29H31N3O2. The lowest BCUT2D eigenvalue weighted by Crippen LogP contribution is -2.45. The fourth-order valence-corrected chi connectivity index (χ4v) is 5.01. The van der Waals surface area contributed by atoms with Crippen LogP contribution in [0.4, 0.5) is 5.69 Å². The molecule has 1 saturated heterocycles. The lowest BCUT2D eigenvalue weighted by molar-refractivity contribution is 0.0735. The average molecular weight is 454 g/mol. The van der Waals surface area contributed by atoms with Gasteiger partial charge in [-0.3, -0.25) is 9.59 Å². The van der Waals surface area contributed by atoms with E-state index in [-0.39, 0.29) is 17.9 Å². The summed E-state index contributed by atoms with van der Waals surface area (Å²) in [5, 5.41) is 3.18. The van der Waals surface area contributed by atoms with E-state index in [1.807, 2.05) is 60.4 Å². The number of benzene rings is 3. The van der Waals surface area contributed by atoms with Crippen molar-refractivity contribution in [2.75, 3.05) is 24.5 Å². The molecule has 0 aromatic heterocycles. The SMILES string of the molecule is Cc1ccc(C(=O)NC2CCN(c3ccccc3C(=O)N3CCc4ccccc4C3)CC2)cc1. The lowest BCUT2D eigenvalue weighted by Gasteiger charge is -2.36. The van der Waals surface area contributed by atoms with Gasteiger partial charge in [0.15, 0.2) is 0 Å². The Morgan fingerprint density at radius 3 is 2.26 bits per heavy atom. The number of nitrogens with one attached hydrogen (secondary N) is 1. The number of carbonyl (C=O) groups is 2. The Morgan fingerprint density at radius 1 is 0.824 bits per heavy atom. The van der Waals surface area contributed by atoms with Gasteiger partial charge in [-0.25, -0.2) is 0 Å². The maximum Gasteiger partial charge on any atom is 0.256 e. The van der Waals surface area contributed by atoms with Gasteiger partial charge >= 0.3 is 0 Å². The van der Waals surface area contributed by atoms with Crippen molar-refractivity contribution in [3.8, 4) is 0 Å². The second-order valence-electron chi connectivity index (χ2n) is 9.36. The predicted octanol–water partition coefficient (Wildman–Crippen LogP) is 4.59. The number of hydrogen-bond acceptors (Lipinski definition) is 3. The second-order valence-corrected chi connectivity index (χ2v) is 9.36. The van der Waals surface area contributed by atoms with Crippen LogP contribution in [0.15, 0.2) is 72.8 Å². The predicted molar refractivity (Wildman–Crippen MR) is 135 cm³/mol. The van der Waals surface area contributed by atoms with Gasteiger partial charge in [0.1, 0.15) is 0 Å². The molecule has 0 radical (unpaired) electrons. The summed E-state index contributed by atoms with van der Waals surface area (Å²) in [5.41, 5.74) is 6.19. The molecule has 2 amide bonds. The van der Waals surface area contributed by atoms with Crippen LogP contribution in [0.1, 0.15) is 50.2 Å². The zero-order chi connectivity index (χ0) is 23.5. The highest BCUT2D eigenvalue weighted by Gasteiger charge is 2.27. The van der Waals surface area contributed by atoms with Crippen LogP contribution < -0.4 is 10.2 Å². The molecule has 0 bridgehead atoms. The fourth-order valence-electron chi connectivity index (χ4n) is 5.01. The molecule has 5 nitrogen and oxygen atoms in total. The van der Waals surface area contributed by atoms with Crippen LogP contribution in [0.25, 0.3) is 0 Å². The minimum Gasteiger partial charge on any atom is -0.371 e. The molecule has 2 aliphatic heterocycles. The van der Waals surface area contributed by atoms with Gasteiger partial charge in [-0.1, -0.05) is 54.1 Å². The Hall–Kier alpha value is -3.60. The van der Waals surface area contributed by atoms with Crippen LogP contribution in [0.2, 0.25) is 0 Å². The zero-order valence-electron chi connectivity index (χ0n) is 19.7. The van der Waals surface area contributed by atoms with Crippen LogP contribution in [0, 0.1) is 6.92 Å². The van der Waals surface area contributed by atoms with E-state index in [9.17, 15) is 9.59 Å². The van der Waals surface area contributed by atoms with Crippen LogP contribution in [0.5, 0.6) is 0 Å². The van der Waals surface area contributed by atoms with Crippen molar-refractivity contribution in [1.82, 2.24) is 10.2 Å². The molecule has 3 aromatic rings. The lowest BCUT2D eigenvalue weighted by atomic mass is 9.98. The van der Waals surface area contributed by atoms with Gasteiger partial charge in [0.2, 0.25) is 0 Å². The molecule has 0 saturated carbocycles. The number of fused-ring (bicyclic) bond motifs is 1. The van der Waals surface area contributed by atoms with E-state index in [2.05, 4.69) is 34.5 Å². The van der Waals surface area contributed by atoms with Crippen molar-refractivity contribution >= 4 is 17.5 Å². The van der Waals surface area contributed by atoms with E-state index in [0.29, 0.717) is 12.1 Å². The summed E-state index contributed by atoms with van der Waals surface area (Å²) in [7, 11) is 0. The number of nitrogens with zero attached hydrogens (tertiary/aromatic N) is 2. The molecule has 2 aliphatic rings. The van der Waals surface area contributed by atoms with E-state index in [0.717, 1.165) is 55.7 Å². The average Bonchev–Trinajstić information content (AvgIpc) is 2.89. The number of hydrogen-bond donors (Lipinski definition) is 1. The van der Waals surface area contributed by atoms with Crippen molar-refractivity contribution in [3.05, 3.63) is 101 Å². The Kier molecular flexibility index (Phi) is 6.35. The smallest absolute Gasteiger partial charge is 0.256 e. The molecule has 3 aromatic carbocycles. The molecule has 1 N–H and O–H groups in total. The summed E-state index contributed by atoms with van der Waals surface area (Å²) in [6, 6.07) is 24.2. The summed E-state index contributed by atoms with van der Waals surface area (Å²) in [6.07, 6.45) is 2.62. The Bertz CT molecular complexity index is 1180. The number of para-hydroxylation sites is 1. The summed E-state index contributed by atoms with van der Waals surface area (Å²) < 4.78 is 0. The zero-order valence-corrected chi connectivity index (χ0v) is 19.7. The summed E-state index contributed by atoms with van der Waals surface area (Å²) in [5.74, 6) is 0.0827. The second kappa shape index (κ2) is 9.72. The molecule has 1 fully saturated rings. The number of anilines is 1. The Balaban J connectivity index is 1.23. The Morgan fingerprint density at radius 2 is 1.50 bits per heavy atom. The van der Waals surface area contributed by atoms with Crippen molar-refractivity contribution < 1.29 is 9.59 Å². The molecule has 0 unspecified atom stereocenters. The van der Waals surface area contributed by atoms with Gasteiger partial charge in [0.05, 0.1) is 5.56 Å². The molecule has 0 spiro atoms.